The molecule has 2 aromatic carbocycles. The Hall–Kier alpha value is -3.12. The molecule has 0 aromatic heterocycles. The highest BCUT2D eigenvalue weighted by Gasteiger charge is 2.68. The van der Waals surface area contributed by atoms with E-state index in [1.165, 1.54) is 11.1 Å². The Morgan fingerprint density at radius 1 is 1.15 bits per heavy atom. The first-order chi connectivity index (χ1) is 24.9. The van der Waals surface area contributed by atoms with Crippen LogP contribution in [0.5, 0.6) is 5.75 Å². The molecule has 4 bridgehead atoms. The molecule has 2 aliphatic heterocycles. The van der Waals surface area contributed by atoms with Crippen molar-refractivity contribution >= 4 is 39.1 Å². The molecule has 10 nitrogen and oxygen atoms in total. The molecule has 9 rings (SSSR count). The third kappa shape index (κ3) is 6.64. The van der Waals surface area contributed by atoms with Crippen LogP contribution in [0.1, 0.15) is 79.8 Å². The molecule has 2 heterocycles. The summed E-state index contributed by atoms with van der Waals surface area (Å²) >= 11 is 6.46. The Kier molecular flexibility index (Phi) is 9.40. The Bertz CT molecular complexity index is 1890. The minimum absolute atomic E-state index is 0.0347. The molecule has 6 atom stereocenters. The maximum Gasteiger partial charge on any atom is 0.327 e. The van der Waals surface area contributed by atoms with Crippen LogP contribution < -0.4 is 19.7 Å². The van der Waals surface area contributed by atoms with Gasteiger partial charge in [0.1, 0.15) is 15.7 Å². The van der Waals surface area contributed by atoms with Crippen molar-refractivity contribution in [1.82, 2.24) is 10.0 Å². The van der Waals surface area contributed by atoms with Crippen LogP contribution in [0.4, 0.5) is 10.5 Å². The molecular weight excluding hydrogens is 700 g/mol. The van der Waals surface area contributed by atoms with Crippen LogP contribution in [-0.2, 0) is 31.2 Å². The lowest BCUT2D eigenvalue weighted by Crippen LogP contribution is -2.76. The second-order valence-electron chi connectivity index (χ2n) is 16.8. The van der Waals surface area contributed by atoms with Gasteiger partial charge in [-0.15, -0.1) is 4.36 Å². The van der Waals surface area contributed by atoms with Gasteiger partial charge in [-0.1, -0.05) is 36.7 Å². The van der Waals surface area contributed by atoms with Crippen molar-refractivity contribution in [2.75, 3.05) is 51.2 Å². The highest BCUT2D eigenvalue weighted by molar-refractivity contribution is 7.92. The highest BCUT2D eigenvalue weighted by atomic mass is 35.5. The monoisotopic (exact) mass is 750 g/mol. The van der Waals surface area contributed by atoms with Gasteiger partial charge in [-0.2, -0.15) is 0 Å². The van der Waals surface area contributed by atoms with E-state index in [4.69, 9.17) is 25.8 Å². The molecule has 0 saturated heterocycles. The fourth-order valence-electron chi connectivity index (χ4n) is 10.4. The van der Waals surface area contributed by atoms with Gasteiger partial charge in [-0.3, -0.25) is 9.52 Å². The molecule has 1 unspecified atom stereocenters. The van der Waals surface area contributed by atoms with E-state index in [1.54, 1.807) is 20.3 Å². The number of fused-ring (bicyclic) bond motifs is 4. The molecule has 5 aliphatic carbocycles. The van der Waals surface area contributed by atoms with Crippen LogP contribution in [0, 0.1) is 23.2 Å². The smallest absolute Gasteiger partial charge is 0.327 e. The molecule has 52 heavy (non-hydrogen) atoms. The van der Waals surface area contributed by atoms with E-state index in [0.717, 1.165) is 75.2 Å². The summed E-state index contributed by atoms with van der Waals surface area (Å²) in [7, 11) is -0.0209. The maximum absolute atomic E-state index is 14.6. The first-order valence-corrected chi connectivity index (χ1v) is 20.9. The Morgan fingerprint density at radius 3 is 2.73 bits per heavy atom. The number of nitrogens with one attached hydrogen (secondary N) is 2. The lowest BCUT2D eigenvalue weighted by atomic mass is 9.39. The second-order valence-corrected chi connectivity index (χ2v) is 19.2. The molecule has 2 N–H and O–H groups in total. The summed E-state index contributed by atoms with van der Waals surface area (Å²) in [6.45, 7) is 4.67. The quantitative estimate of drug-likeness (QED) is 0.322. The zero-order chi connectivity index (χ0) is 36.3. The van der Waals surface area contributed by atoms with Crippen LogP contribution in [0.2, 0.25) is 5.02 Å². The number of carbonyl (C=O) groups is 2. The number of amides is 3. The average molecular weight is 751 g/mol. The minimum Gasteiger partial charge on any atom is -0.490 e. The van der Waals surface area contributed by atoms with Gasteiger partial charge >= 0.3 is 6.03 Å². The summed E-state index contributed by atoms with van der Waals surface area (Å²) in [4.78, 5) is 29.8. The summed E-state index contributed by atoms with van der Waals surface area (Å²) in [5.74, 6) is 0.749. The van der Waals surface area contributed by atoms with E-state index in [-0.39, 0.29) is 34.1 Å². The minimum atomic E-state index is -3.49. The van der Waals surface area contributed by atoms with Crippen LogP contribution in [0.3, 0.4) is 0 Å². The first kappa shape index (κ1) is 35.9. The second kappa shape index (κ2) is 13.6. The summed E-state index contributed by atoms with van der Waals surface area (Å²) in [6, 6.07) is 11.1. The number of allylic oxidation sites excluding steroid dienone is 1. The van der Waals surface area contributed by atoms with Crippen LogP contribution in [0.25, 0.3) is 0 Å². The predicted octanol–water partition coefficient (Wildman–Crippen LogP) is 6.84. The van der Waals surface area contributed by atoms with E-state index in [9.17, 15) is 13.8 Å². The molecule has 2 aromatic rings. The van der Waals surface area contributed by atoms with Crippen LogP contribution in [0.15, 0.2) is 52.9 Å². The van der Waals surface area contributed by atoms with Gasteiger partial charge in [0, 0.05) is 54.3 Å². The van der Waals surface area contributed by atoms with E-state index in [1.807, 2.05) is 25.1 Å². The van der Waals surface area contributed by atoms with Crippen molar-refractivity contribution in [1.29, 1.82) is 0 Å². The van der Waals surface area contributed by atoms with Crippen LogP contribution in [-0.4, -0.2) is 74.1 Å². The SMILES string of the molecule is COCC12CC(NC(=O)NS3(=O)=NC(=O)c4ccc5c(c4)N(C[C@@H]4CC[C@H]4[C@@H](OC)/C=C\C[C@H](C)C3)C[C@@]3(CCCc4cc(Cl)ccc43)CO5)(C1)C2. The number of nitrogens with zero attached hydrogens (tertiary/aromatic N) is 2. The fraction of sp³-hybridized carbons (Fsp3) is 0.600. The molecule has 1 spiro atoms. The highest BCUT2D eigenvalue weighted by Crippen LogP contribution is 2.67. The fourth-order valence-corrected chi connectivity index (χ4v) is 12.4. The Labute approximate surface area is 312 Å². The van der Waals surface area contributed by atoms with Crippen molar-refractivity contribution in [2.45, 2.75) is 81.8 Å². The lowest BCUT2D eigenvalue weighted by Gasteiger charge is -2.70. The summed E-state index contributed by atoms with van der Waals surface area (Å²) in [5, 5.41) is 3.80. The molecular formula is C40H51ClN4O6S. The number of halogens is 1. The number of benzene rings is 2. The number of hydrogen-bond acceptors (Lipinski definition) is 7. The van der Waals surface area contributed by atoms with Crippen molar-refractivity contribution in [3.63, 3.8) is 0 Å². The number of methoxy groups -OCH3 is 2. The van der Waals surface area contributed by atoms with E-state index in [2.05, 4.69) is 43.6 Å². The number of anilines is 1. The molecule has 4 saturated carbocycles. The maximum atomic E-state index is 14.6. The first-order valence-electron chi connectivity index (χ1n) is 18.8. The molecule has 4 fully saturated rings. The largest absolute Gasteiger partial charge is 0.490 e. The zero-order valence-corrected chi connectivity index (χ0v) is 32.0. The third-order valence-corrected chi connectivity index (χ3v) is 15.0. The molecule has 12 heteroatoms. The van der Waals surface area contributed by atoms with Gasteiger partial charge in [0.2, 0.25) is 0 Å². The number of urea groups is 1. The number of aryl methyl sites for hydroxylation is 1. The molecule has 280 valence electrons. The van der Waals surface area contributed by atoms with Gasteiger partial charge in [-0.25, -0.2) is 9.00 Å². The van der Waals surface area contributed by atoms with Gasteiger partial charge in [-0.05, 0) is 117 Å². The van der Waals surface area contributed by atoms with Crippen molar-refractivity contribution in [2.24, 2.45) is 27.5 Å². The van der Waals surface area contributed by atoms with E-state index >= 15 is 0 Å². The standard InChI is InChI=1S/C40H51ClN4O6S/c1-26-6-4-8-34(50-3)31-12-9-29(31)18-45-23-39(15-5-7-27-16-30(41)11-13-32(27)39)25-51-35-14-10-28(17-33(35)45)36(46)43-52(48,19-26)44-37(47)42-40-20-38(21-40,22-40)24-49-2/h4,8,10-11,13-14,16-17,26,29,31,34H,5-7,9,12,15,18-25H2,1-3H3,(H2,42,43,44,46,47,48)/b8-4-/t26-,29-,31+,34-,38?,39-,40?,52?/m0/s1. The zero-order valence-electron chi connectivity index (χ0n) is 30.5. The summed E-state index contributed by atoms with van der Waals surface area (Å²) < 4.78 is 39.7. The molecule has 3 amide bonds. The Morgan fingerprint density at radius 2 is 1.98 bits per heavy atom. The summed E-state index contributed by atoms with van der Waals surface area (Å²) in [6.07, 6.45) is 12.5. The predicted molar refractivity (Wildman–Crippen MR) is 202 cm³/mol. The number of ether oxygens (including phenoxy) is 3. The third-order valence-electron chi connectivity index (χ3n) is 12.7. The number of rotatable bonds is 5. The van der Waals surface area contributed by atoms with Gasteiger partial charge in [0.05, 0.1) is 30.8 Å². The lowest BCUT2D eigenvalue weighted by molar-refractivity contribution is -0.177. The Balaban J connectivity index is 1.14. The molecule has 0 radical (unpaired) electrons. The van der Waals surface area contributed by atoms with E-state index < -0.39 is 21.9 Å². The van der Waals surface area contributed by atoms with Gasteiger partial charge in [0.15, 0.2) is 0 Å². The summed E-state index contributed by atoms with van der Waals surface area (Å²) in [5.41, 5.74) is 3.26. The van der Waals surface area contributed by atoms with Gasteiger partial charge < -0.3 is 24.4 Å². The average Bonchev–Trinajstić information content (AvgIpc) is 3.20. The van der Waals surface area contributed by atoms with Crippen LogP contribution >= 0.6 is 11.6 Å². The van der Waals surface area contributed by atoms with E-state index in [0.29, 0.717) is 42.8 Å². The van der Waals surface area contributed by atoms with Crippen molar-refractivity contribution in [3.05, 3.63) is 70.3 Å². The number of carbonyl (C=O) groups excluding carboxylic acids is 2. The van der Waals surface area contributed by atoms with Crippen molar-refractivity contribution < 1.29 is 28.0 Å². The van der Waals surface area contributed by atoms with Gasteiger partial charge in [0.25, 0.3) is 5.91 Å². The topological polar surface area (TPSA) is 119 Å². The van der Waals surface area contributed by atoms with Crippen molar-refractivity contribution in [3.8, 4) is 5.75 Å². The molecule has 7 aliphatic rings. The normalized spacial score (nSPS) is 37.0. The number of hydrogen-bond donors (Lipinski definition) is 2.